The Bertz CT molecular complexity index is 1100. The van der Waals surface area contributed by atoms with E-state index in [1.54, 1.807) is 24.3 Å². The fourth-order valence-corrected chi connectivity index (χ4v) is 4.47. The second-order valence-electron chi connectivity index (χ2n) is 6.77. The van der Waals surface area contributed by atoms with Crippen molar-refractivity contribution in [3.8, 4) is 0 Å². The number of carbonyl (C=O) groups excluding carboxylic acids is 1. The van der Waals surface area contributed by atoms with Crippen LogP contribution in [-0.4, -0.2) is 25.2 Å². The van der Waals surface area contributed by atoms with Crippen LogP contribution in [-0.2, 0) is 27.8 Å². The van der Waals surface area contributed by atoms with Crippen molar-refractivity contribution in [2.75, 3.05) is 11.9 Å². The van der Waals surface area contributed by atoms with Crippen LogP contribution in [0.4, 0.5) is 10.1 Å². The van der Waals surface area contributed by atoms with E-state index in [4.69, 9.17) is 0 Å². The number of rotatable bonds is 8. The van der Waals surface area contributed by atoms with Crippen LogP contribution in [0.15, 0.2) is 83.8 Å². The molecule has 5 nitrogen and oxygen atoms in total. The first-order chi connectivity index (χ1) is 14.4. The molecule has 30 heavy (non-hydrogen) atoms. The first kappa shape index (κ1) is 21.7. The highest BCUT2D eigenvalue weighted by atomic mass is 32.2. The number of aryl methyl sites for hydroxylation is 1. The lowest BCUT2D eigenvalue weighted by atomic mass is 10.1. The van der Waals surface area contributed by atoms with Crippen molar-refractivity contribution in [2.24, 2.45) is 0 Å². The molecule has 7 heteroatoms. The lowest BCUT2D eigenvalue weighted by Gasteiger charge is -2.22. The molecule has 3 aromatic carbocycles. The molecular formula is C23H23FN2O3S. The van der Waals surface area contributed by atoms with Gasteiger partial charge in [-0.3, -0.25) is 4.79 Å². The van der Waals surface area contributed by atoms with E-state index in [-0.39, 0.29) is 18.0 Å². The number of anilines is 1. The lowest BCUT2D eigenvalue weighted by Crippen LogP contribution is -2.37. The van der Waals surface area contributed by atoms with Crippen LogP contribution in [0, 0.1) is 5.82 Å². The van der Waals surface area contributed by atoms with E-state index in [2.05, 4.69) is 5.32 Å². The lowest BCUT2D eigenvalue weighted by molar-refractivity contribution is -0.116. The van der Waals surface area contributed by atoms with Gasteiger partial charge in [0.2, 0.25) is 15.9 Å². The molecule has 1 amide bonds. The maximum absolute atomic E-state index is 13.3. The molecule has 0 saturated carbocycles. The molecule has 0 atom stereocenters. The maximum atomic E-state index is 13.3. The van der Waals surface area contributed by atoms with Gasteiger partial charge in [0.1, 0.15) is 5.82 Å². The molecule has 0 saturated heterocycles. The number of carbonyl (C=O) groups is 1. The van der Waals surface area contributed by atoms with Gasteiger partial charge in [-0.05, 0) is 47.9 Å². The highest BCUT2D eigenvalue weighted by Crippen LogP contribution is 2.20. The molecule has 0 aliphatic rings. The van der Waals surface area contributed by atoms with Crippen LogP contribution < -0.4 is 5.32 Å². The van der Waals surface area contributed by atoms with Gasteiger partial charge in [0.15, 0.2) is 0 Å². The second kappa shape index (κ2) is 9.65. The van der Waals surface area contributed by atoms with Crippen molar-refractivity contribution in [3.63, 3.8) is 0 Å². The summed E-state index contributed by atoms with van der Waals surface area (Å²) in [6.45, 7) is 1.55. The van der Waals surface area contributed by atoms with E-state index in [1.807, 2.05) is 25.1 Å². The Morgan fingerprint density at radius 1 is 0.933 bits per heavy atom. The molecule has 0 bridgehead atoms. The fourth-order valence-electron chi connectivity index (χ4n) is 3.06. The van der Waals surface area contributed by atoms with E-state index in [9.17, 15) is 17.6 Å². The average molecular weight is 427 g/mol. The first-order valence-electron chi connectivity index (χ1n) is 9.57. The van der Waals surface area contributed by atoms with Gasteiger partial charge in [-0.2, -0.15) is 4.31 Å². The normalized spacial score (nSPS) is 11.4. The smallest absolute Gasteiger partial charge is 0.243 e. The first-order valence-corrected chi connectivity index (χ1v) is 11.0. The number of hydrogen-bond acceptors (Lipinski definition) is 3. The Kier molecular flexibility index (Phi) is 6.97. The number of nitrogens with zero attached hydrogens (tertiary/aromatic N) is 1. The quantitative estimate of drug-likeness (QED) is 0.587. The largest absolute Gasteiger partial charge is 0.325 e. The molecule has 0 aliphatic carbocycles. The van der Waals surface area contributed by atoms with Gasteiger partial charge in [-0.15, -0.1) is 0 Å². The Hall–Kier alpha value is -3.03. The van der Waals surface area contributed by atoms with Crippen molar-refractivity contribution in [1.82, 2.24) is 4.31 Å². The number of benzene rings is 3. The van der Waals surface area contributed by atoms with Crippen LogP contribution in [0.5, 0.6) is 0 Å². The molecule has 156 valence electrons. The summed E-state index contributed by atoms with van der Waals surface area (Å²) in [5, 5.41) is 2.81. The van der Waals surface area contributed by atoms with Crippen LogP contribution in [0.3, 0.4) is 0 Å². The third-order valence-corrected chi connectivity index (χ3v) is 6.45. The van der Waals surface area contributed by atoms with Crippen LogP contribution in [0.2, 0.25) is 0 Å². The van der Waals surface area contributed by atoms with Crippen LogP contribution >= 0.6 is 0 Å². The van der Waals surface area contributed by atoms with E-state index in [1.165, 1.54) is 36.4 Å². The zero-order valence-corrected chi connectivity index (χ0v) is 17.4. The minimum Gasteiger partial charge on any atom is -0.325 e. The number of para-hydroxylation sites is 1. The van der Waals surface area contributed by atoms with E-state index in [0.717, 1.165) is 16.3 Å². The van der Waals surface area contributed by atoms with Gasteiger partial charge in [-0.25, -0.2) is 12.8 Å². The SMILES string of the molecule is CCc1ccccc1NC(=O)CN(Cc1ccc(F)cc1)S(=O)(=O)c1ccccc1. The minimum absolute atomic E-state index is 0.0552. The van der Waals surface area contributed by atoms with Crippen molar-refractivity contribution in [3.05, 3.63) is 95.8 Å². The third kappa shape index (κ3) is 5.31. The number of sulfonamides is 1. The molecule has 0 aliphatic heterocycles. The van der Waals surface area contributed by atoms with E-state index >= 15 is 0 Å². The zero-order chi connectivity index (χ0) is 21.6. The Labute approximate surface area is 176 Å². The van der Waals surface area contributed by atoms with Crippen molar-refractivity contribution < 1.29 is 17.6 Å². The fraction of sp³-hybridized carbons (Fsp3) is 0.174. The molecular weight excluding hydrogens is 403 g/mol. The Morgan fingerprint density at radius 2 is 1.57 bits per heavy atom. The summed E-state index contributed by atoms with van der Waals surface area (Å²) < 4.78 is 40.7. The zero-order valence-electron chi connectivity index (χ0n) is 16.6. The summed E-state index contributed by atoms with van der Waals surface area (Å²) in [7, 11) is -3.93. The van der Waals surface area contributed by atoms with Crippen molar-refractivity contribution in [2.45, 2.75) is 24.8 Å². The monoisotopic (exact) mass is 426 g/mol. The van der Waals surface area contributed by atoms with E-state index in [0.29, 0.717) is 11.3 Å². The van der Waals surface area contributed by atoms with E-state index < -0.39 is 21.7 Å². The molecule has 0 aromatic heterocycles. The van der Waals surface area contributed by atoms with Gasteiger partial charge in [0, 0.05) is 12.2 Å². The molecule has 3 rings (SSSR count). The van der Waals surface area contributed by atoms with Crippen molar-refractivity contribution >= 4 is 21.6 Å². The summed E-state index contributed by atoms with van der Waals surface area (Å²) in [6.07, 6.45) is 0.734. The summed E-state index contributed by atoms with van der Waals surface area (Å²) in [6, 6.07) is 20.9. The predicted octanol–water partition coefficient (Wildman–Crippen LogP) is 4.22. The average Bonchev–Trinajstić information content (AvgIpc) is 2.75. The Balaban J connectivity index is 1.87. The molecule has 0 heterocycles. The highest BCUT2D eigenvalue weighted by molar-refractivity contribution is 7.89. The number of amides is 1. The summed E-state index contributed by atoms with van der Waals surface area (Å²) in [5.41, 5.74) is 2.20. The number of halogens is 1. The Morgan fingerprint density at radius 3 is 2.23 bits per heavy atom. The van der Waals surface area contributed by atoms with Gasteiger partial charge >= 0.3 is 0 Å². The standard InChI is InChI=1S/C23H23FN2O3S/c1-2-19-8-6-7-11-22(19)25-23(27)17-26(16-18-12-14-20(24)15-13-18)30(28,29)21-9-4-3-5-10-21/h3-15H,2,16-17H2,1H3,(H,25,27). The predicted molar refractivity (Wildman–Crippen MR) is 115 cm³/mol. The van der Waals surface area contributed by atoms with Crippen LogP contribution in [0.25, 0.3) is 0 Å². The number of nitrogens with one attached hydrogen (secondary N) is 1. The van der Waals surface area contributed by atoms with Gasteiger partial charge in [0.05, 0.1) is 11.4 Å². The highest BCUT2D eigenvalue weighted by Gasteiger charge is 2.27. The maximum Gasteiger partial charge on any atom is 0.243 e. The molecule has 0 fully saturated rings. The van der Waals surface area contributed by atoms with Gasteiger partial charge < -0.3 is 5.32 Å². The third-order valence-electron chi connectivity index (χ3n) is 4.65. The molecule has 0 radical (unpaired) electrons. The number of hydrogen-bond donors (Lipinski definition) is 1. The summed E-state index contributed by atoms with van der Waals surface area (Å²) in [5.74, 6) is -0.859. The minimum atomic E-state index is -3.93. The topological polar surface area (TPSA) is 66.5 Å². The van der Waals surface area contributed by atoms with Crippen LogP contribution in [0.1, 0.15) is 18.1 Å². The van der Waals surface area contributed by atoms with Gasteiger partial charge in [-0.1, -0.05) is 55.5 Å². The second-order valence-corrected chi connectivity index (χ2v) is 8.71. The molecule has 0 unspecified atom stereocenters. The summed E-state index contributed by atoms with van der Waals surface area (Å²) in [4.78, 5) is 12.8. The summed E-state index contributed by atoms with van der Waals surface area (Å²) >= 11 is 0. The molecule has 0 spiro atoms. The molecule has 3 aromatic rings. The van der Waals surface area contributed by atoms with Crippen molar-refractivity contribution in [1.29, 1.82) is 0 Å². The molecule has 1 N–H and O–H groups in total. The van der Waals surface area contributed by atoms with Gasteiger partial charge in [0.25, 0.3) is 0 Å².